The van der Waals surface area contributed by atoms with Crippen molar-refractivity contribution in [3.63, 3.8) is 0 Å². The van der Waals surface area contributed by atoms with Gasteiger partial charge in [-0.2, -0.15) is 11.8 Å². The Hall–Kier alpha value is 0.0200. The second-order valence-corrected chi connectivity index (χ2v) is 2.77. The Labute approximate surface area is 47.5 Å². The zero-order valence-electron chi connectivity index (χ0n) is 4.31. The van der Waals surface area contributed by atoms with Crippen molar-refractivity contribution in [3.8, 4) is 0 Å². The molecule has 0 bridgehead atoms. The number of carbonyl (C=O) groups excluding carboxylic acids is 1. The zero-order chi connectivity index (χ0) is 5.28. The molecule has 0 amide bonds. The lowest BCUT2D eigenvalue weighted by molar-refractivity contribution is -0.122. The molecular formula is C5H8OS. The minimum atomic E-state index is 0.361. The summed E-state index contributed by atoms with van der Waals surface area (Å²) >= 11 is 1.67. The van der Waals surface area contributed by atoms with Gasteiger partial charge in [0.2, 0.25) is 0 Å². The Kier molecular flexibility index (Phi) is 1.38. The lowest BCUT2D eigenvalue weighted by atomic mass is 9.98. The van der Waals surface area contributed by atoms with E-state index < -0.39 is 0 Å². The van der Waals surface area contributed by atoms with E-state index in [2.05, 4.69) is 0 Å². The fourth-order valence-corrected chi connectivity index (χ4v) is 1.36. The molecule has 0 unspecified atom stereocenters. The minimum absolute atomic E-state index is 0.361. The van der Waals surface area contributed by atoms with Gasteiger partial charge in [0.05, 0.1) is 5.25 Å². The molecule has 0 aromatic carbocycles. The quantitative estimate of drug-likeness (QED) is 0.510. The maximum absolute atomic E-state index is 10.4. The molecular weight excluding hydrogens is 108 g/mol. The maximum Gasteiger partial charge on any atom is 0.145 e. The minimum Gasteiger partial charge on any atom is -0.298 e. The van der Waals surface area contributed by atoms with Gasteiger partial charge in [0.1, 0.15) is 5.78 Å². The Bertz CT molecular complexity index is 88.1. The van der Waals surface area contributed by atoms with Gasteiger partial charge in [0, 0.05) is 6.42 Å². The molecule has 1 atom stereocenters. The summed E-state index contributed by atoms with van der Waals surface area (Å²) in [5.74, 6) is 0.438. The topological polar surface area (TPSA) is 17.1 Å². The highest BCUT2D eigenvalue weighted by Gasteiger charge is 2.26. The monoisotopic (exact) mass is 116 g/mol. The largest absolute Gasteiger partial charge is 0.298 e. The van der Waals surface area contributed by atoms with Gasteiger partial charge >= 0.3 is 0 Å². The standard InChI is InChI=1S/C5H8OS/c1-7-5-3-2-4(5)6/h5H,2-3H2,1H3/t5-/m1/s1. The first-order valence-electron chi connectivity index (χ1n) is 2.40. The van der Waals surface area contributed by atoms with Crippen molar-refractivity contribution >= 4 is 17.5 Å². The van der Waals surface area contributed by atoms with Crippen LogP contribution in [0.1, 0.15) is 12.8 Å². The molecule has 40 valence electrons. The van der Waals surface area contributed by atoms with Gasteiger partial charge in [-0.25, -0.2) is 0 Å². The molecule has 0 radical (unpaired) electrons. The second kappa shape index (κ2) is 1.86. The lowest BCUT2D eigenvalue weighted by Crippen LogP contribution is -2.27. The van der Waals surface area contributed by atoms with Gasteiger partial charge < -0.3 is 0 Å². The number of rotatable bonds is 1. The predicted molar refractivity (Wildman–Crippen MR) is 31.5 cm³/mol. The molecule has 1 rings (SSSR count). The summed E-state index contributed by atoms with van der Waals surface area (Å²) in [4.78, 5) is 10.4. The van der Waals surface area contributed by atoms with E-state index in [4.69, 9.17) is 0 Å². The molecule has 1 fully saturated rings. The van der Waals surface area contributed by atoms with Crippen molar-refractivity contribution in [2.45, 2.75) is 18.1 Å². The smallest absolute Gasteiger partial charge is 0.145 e. The Morgan fingerprint density at radius 3 is 2.57 bits per heavy atom. The summed E-state index contributed by atoms with van der Waals surface area (Å²) in [6.45, 7) is 0. The number of thioether (sulfide) groups is 1. The van der Waals surface area contributed by atoms with Crippen molar-refractivity contribution in [1.82, 2.24) is 0 Å². The highest BCUT2D eigenvalue weighted by Crippen LogP contribution is 2.25. The van der Waals surface area contributed by atoms with Gasteiger partial charge in [0.25, 0.3) is 0 Å². The summed E-state index contributed by atoms with van der Waals surface area (Å²) in [6.07, 6.45) is 3.92. The van der Waals surface area contributed by atoms with Crippen LogP contribution >= 0.6 is 11.8 Å². The molecule has 0 heterocycles. The van der Waals surface area contributed by atoms with Crippen LogP contribution in [0.2, 0.25) is 0 Å². The van der Waals surface area contributed by atoms with Crippen LogP contribution in [0.5, 0.6) is 0 Å². The molecule has 0 aromatic heterocycles. The first kappa shape index (κ1) is 5.16. The summed E-state index contributed by atoms with van der Waals surface area (Å²) in [5.41, 5.74) is 0. The molecule has 0 aliphatic heterocycles. The van der Waals surface area contributed by atoms with Crippen LogP contribution in [0.15, 0.2) is 0 Å². The van der Waals surface area contributed by atoms with E-state index in [-0.39, 0.29) is 0 Å². The average molecular weight is 116 g/mol. The predicted octanol–water partition coefficient (Wildman–Crippen LogP) is 1.08. The fourth-order valence-electron chi connectivity index (χ4n) is 0.629. The molecule has 0 aromatic rings. The van der Waals surface area contributed by atoms with Crippen LogP contribution in [0.3, 0.4) is 0 Å². The highest BCUT2D eigenvalue weighted by molar-refractivity contribution is 8.00. The number of Topliss-reactive ketones (excluding diaryl/α,β-unsaturated/α-hetero) is 1. The number of hydrogen-bond donors (Lipinski definition) is 0. The SMILES string of the molecule is CS[C@@H]1CCC1=O. The molecule has 1 nitrogen and oxygen atoms in total. The molecule has 1 aliphatic rings. The molecule has 0 saturated heterocycles. The van der Waals surface area contributed by atoms with Crippen molar-refractivity contribution in [3.05, 3.63) is 0 Å². The van der Waals surface area contributed by atoms with Crippen LogP contribution < -0.4 is 0 Å². The summed E-state index contributed by atoms with van der Waals surface area (Å²) in [7, 11) is 0. The van der Waals surface area contributed by atoms with Gasteiger partial charge in [0.15, 0.2) is 0 Å². The van der Waals surface area contributed by atoms with E-state index in [9.17, 15) is 4.79 Å². The molecule has 1 aliphatic carbocycles. The van der Waals surface area contributed by atoms with Crippen molar-refractivity contribution in [2.75, 3.05) is 6.26 Å². The van der Waals surface area contributed by atoms with E-state index >= 15 is 0 Å². The average Bonchev–Trinajstić information content (AvgIpc) is 1.65. The first-order valence-corrected chi connectivity index (χ1v) is 3.69. The van der Waals surface area contributed by atoms with E-state index in [1.807, 2.05) is 6.26 Å². The highest BCUT2D eigenvalue weighted by atomic mass is 32.2. The van der Waals surface area contributed by atoms with Crippen molar-refractivity contribution < 1.29 is 4.79 Å². The number of hydrogen-bond acceptors (Lipinski definition) is 2. The summed E-state index contributed by atoms with van der Waals surface area (Å²) in [5, 5.41) is 0.361. The van der Waals surface area contributed by atoms with Crippen molar-refractivity contribution in [2.24, 2.45) is 0 Å². The normalized spacial score (nSPS) is 29.9. The molecule has 1 saturated carbocycles. The van der Waals surface area contributed by atoms with Crippen LogP contribution in [0.4, 0.5) is 0 Å². The van der Waals surface area contributed by atoms with E-state index in [0.29, 0.717) is 11.0 Å². The third-order valence-electron chi connectivity index (χ3n) is 1.30. The first-order chi connectivity index (χ1) is 3.34. The van der Waals surface area contributed by atoms with Crippen LogP contribution in [0.25, 0.3) is 0 Å². The van der Waals surface area contributed by atoms with Crippen LogP contribution in [-0.2, 0) is 4.79 Å². The van der Waals surface area contributed by atoms with Gasteiger partial charge in [-0.1, -0.05) is 0 Å². The summed E-state index contributed by atoms with van der Waals surface area (Å²) in [6, 6.07) is 0. The van der Waals surface area contributed by atoms with Crippen LogP contribution in [0, 0.1) is 0 Å². The second-order valence-electron chi connectivity index (χ2n) is 1.73. The Morgan fingerprint density at radius 1 is 1.86 bits per heavy atom. The third kappa shape index (κ3) is 0.801. The van der Waals surface area contributed by atoms with Crippen LogP contribution in [-0.4, -0.2) is 17.3 Å². The molecule has 7 heavy (non-hydrogen) atoms. The molecule has 2 heteroatoms. The third-order valence-corrected chi connectivity index (χ3v) is 2.36. The molecule has 0 spiro atoms. The fraction of sp³-hybridized carbons (Fsp3) is 0.800. The molecule has 0 N–H and O–H groups in total. The van der Waals surface area contributed by atoms with E-state index in [0.717, 1.165) is 12.8 Å². The lowest BCUT2D eigenvalue weighted by Gasteiger charge is -2.20. The van der Waals surface area contributed by atoms with E-state index in [1.165, 1.54) is 0 Å². The maximum atomic E-state index is 10.4. The summed E-state index contributed by atoms with van der Waals surface area (Å²) < 4.78 is 0. The Morgan fingerprint density at radius 2 is 2.57 bits per heavy atom. The van der Waals surface area contributed by atoms with E-state index in [1.54, 1.807) is 11.8 Å². The Balaban J connectivity index is 2.29. The van der Waals surface area contributed by atoms with Gasteiger partial charge in [-0.3, -0.25) is 4.79 Å². The van der Waals surface area contributed by atoms with Gasteiger partial charge in [-0.15, -0.1) is 0 Å². The van der Waals surface area contributed by atoms with Gasteiger partial charge in [-0.05, 0) is 12.7 Å². The number of ketones is 1. The number of carbonyl (C=O) groups is 1. The van der Waals surface area contributed by atoms with Crippen molar-refractivity contribution in [1.29, 1.82) is 0 Å². The zero-order valence-corrected chi connectivity index (χ0v) is 5.12.